The summed E-state index contributed by atoms with van der Waals surface area (Å²) in [4.78, 5) is 32.5. The van der Waals surface area contributed by atoms with E-state index >= 15 is 0 Å². The normalized spacial score (nSPS) is 12.4. The van der Waals surface area contributed by atoms with Gasteiger partial charge in [-0.25, -0.2) is 13.4 Å². The van der Waals surface area contributed by atoms with Crippen molar-refractivity contribution >= 4 is 38.8 Å². The van der Waals surface area contributed by atoms with Crippen LogP contribution >= 0.6 is 0 Å². The number of imidazole rings is 1. The van der Waals surface area contributed by atoms with Crippen LogP contribution in [-0.4, -0.2) is 71.4 Å². The van der Waals surface area contributed by atoms with E-state index in [-0.39, 0.29) is 29.5 Å². The van der Waals surface area contributed by atoms with Gasteiger partial charge < -0.3 is 24.9 Å². The van der Waals surface area contributed by atoms with Gasteiger partial charge in [0, 0.05) is 30.9 Å². The molecule has 37 heavy (non-hydrogen) atoms. The molecule has 1 unspecified atom stereocenters. The smallest absolute Gasteiger partial charge is 0.326 e. The Hall–Kier alpha value is -4.24. The quantitative estimate of drug-likeness (QED) is 0.130. The average Bonchev–Trinajstić information content (AvgIpc) is 3.62. The highest BCUT2D eigenvalue weighted by Gasteiger charge is 2.31. The molecule has 0 saturated heterocycles. The van der Waals surface area contributed by atoms with Crippen molar-refractivity contribution in [3.05, 3.63) is 53.8 Å². The SMILES string of the molecule is Cc1noc(C)c1S(=O)(=O)NC(CNC(=O)c1cccc2cn[nH]c12)C(=O)OCCCNc1ncc[nH]1. The molecule has 0 radical (unpaired) electrons. The Balaban J connectivity index is 1.43. The molecule has 4 aromatic rings. The minimum atomic E-state index is -4.22. The van der Waals surface area contributed by atoms with Gasteiger partial charge in [-0.05, 0) is 26.3 Å². The lowest BCUT2D eigenvalue weighted by atomic mass is 10.1. The Morgan fingerprint density at radius 3 is 2.81 bits per heavy atom. The molecule has 15 heteroatoms. The number of anilines is 1. The number of esters is 1. The molecule has 0 saturated carbocycles. The predicted molar refractivity (Wildman–Crippen MR) is 131 cm³/mol. The summed E-state index contributed by atoms with van der Waals surface area (Å²) in [6.07, 6.45) is 5.27. The summed E-state index contributed by atoms with van der Waals surface area (Å²) in [5.41, 5.74) is 0.940. The van der Waals surface area contributed by atoms with E-state index < -0.39 is 27.9 Å². The van der Waals surface area contributed by atoms with Crippen LogP contribution in [0.15, 0.2) is 46.2 Å². The van der Waals surface area contributed by atoms with Crippen LogP contribution in [0.3, 0.4) is 0 Å². The minimum absolute atomic E-state index is 0.0114. The number of sulfonamides is 1. The number of aromatic amines is 2. The molecule has 0 spiro atoms. The first kappa shape index (κ1) is 25.8. The molecule has 0 aliphatic heterocycles. The van der Waals surface area contributed by atoms with Crippen molar-refractivity contribution in [1.29, 1.82) is 0 Å². The average molecular weight is 531 g/mol. The van der Waals surface area contributed by atoms with Crippen LogP contribution in [0.1, 0.15) is 28.2 Å². The standard InChI is InChI=1S/C22H26N8O6S/c1-13-19(14(2)36-29-13)37(33,34)30-17(21(32)35-10-4-7-23-22-24-8-9-25-22)12-26-20(31)16-6-3-5-15-11-27-28-18(15)16/h3,5-6,8-9,11,17,30H,4,7,10,12H2,1-2H3,(H,26,31)(H,27,28)(H2,23,24,25). The number of aryl methyl sites for hydroxylation is 2. The first-order valence-corrected chi connectivity index (χ1v) is 12.8. The van der Waals surface area contributed by atoms with E-state index in [9.17, 15) is 18.0 Å². The first-order chi connectivity index (χ1) is 17.8. The summed E-state index contributed by atoms with van der Waals surface area (Å²) in [7, 11) is -4.22. The Labute approximate surface area is 211 Å². The lowest BCUT2D eigenvalue weighted by molar-refractivity contribution is -0.145. The van der Waals surface area contributed by atoms with E-state index in [1.807, 2.05) is 0 Å². The van der Waals surface area contributed by atoms with Crippen LogP contribution in [0.4, 0.5) is 5.95 Å². The summed E-state index contributed by atoms with van der Waals surface area (Å²) < 4.78 is 38.7. The minimum Gasteiger partial charge on any atom is -0.464 e. The number of rotatable bonds is 12. The first-order valence-electron chi connectivity index (χ1n) is 11.3. The molecular weight excluding hydrogens is 504 g/mol. The van der Waals surface area contributed by atoms with Gasteiger partial charge in [-0.15, -0.1) is 0 Å². The molecule has 196 valence electrons. The molecule has 0 aliphatic carbocycles. The van der Waals surface area contributed by atoms with E-state index in [1.165, 1.54) is 13.8 Å². The molecule has 0 bridgehead atoms. The van der Waals surface area contributed by atoms with Crippen molar-refractivity contribution < 1.29 is 27.3 Å². The number of benzene rings is 1. The molecule has 0 aliphatic rings. The zero-order chi connectivity index (χ0) is 26.4. The van der Waals surface area contributed by atoms with Crippen LogP contribution in [0.25, 0.3) is 10.9 Å². The van der Waals surface area contributed by atoms with Crippen molar-refractivity contribution in [3.8, 4) is 0 Å². The Bertz CT molecular complexity index is 1460. The lowest BCUT2D eigenvalue weighted by Crippen LogP contribution is -2.49. The van der Waals surface area contributed by atoms with Crippen molar-refractivity contribution in [2.75, 3.05) is 25.0 Å². The van der Waals surface area contributed by atoms with Crippen LogP contribution < -0.4 is 15.4 Å². The molecule has 5 N–H and O–H groups in total. The molecule has 0 fully saturated rings. The highest BCUT2D eigenvalue weighted by atomic mass is 32.2. The van der Waals surface area contributed by atoms with Gasteiger partial charge >= 0.3 is 5.97 Å². The maximum absolute atomic E-state index is 13.0. The highest BCUT2D eigenvalue weighted by Crippen LogP contribution is 2.19. The lowest BCUT2D eigenvalue weighted by Gasteiger charge is -2.18. The number of nitrogens with one attached hydrogen (secondary N) is 5. The topological polar surface area (TPSA) is 197 Å². The van der Waals surface area contributed by atoms with Gasteiger partial charge in [-0.1, -0.05) is 17.3 Å². The molecule has 3 aromatic heterocycles. The number of fused-ring (bicyclic) bond motifs is 1. The number of ether oxygens (including phenoxy) is 1. The number of aromatic nitrogens is 5. The Kier molecular flexibility index (Phi) is 7.83. The number of carbonyl (C=O) groups is 2. The number of nitrogens with zero attached hydrogens (tertiary/aromatic N) is 3. The van der Waals surface area contributed by atoms with Gasteiger partial charge in [0.25, 0.3) is 5.91 Å². The largest absolute Gasteiger partial charge is 0.464 e. The molecule has 3 heterocycles. The fourth-order valence-corrected chi connectivity index (χ4v) is 5.15. The zero-order valence-electron chi connectivity index (χ0n) is 20.1. The monoisotopic (exact) mass is 530 g/mol. The summed E-state index contributed by atoms with van der Waals surface area (Å²) in [5, 5.41) is 16.7. The maximum Gasteiger partial charge on any atom is 0.326 e. The highest BCUT2D eigenvalue weighted by molar-refractivity contribution is 7.89. The van der Waals surface area contributed by atoms with E-state index in [2.05, 4.69) is 40.7 Å². The molecule has 1 amide bonds. The van der Waals surface area contributed by atoms with E-state index in [0.717, 1.165) is 5.39 Å². The fraction of sp³-hybridized carbons (Fsp3) is 0.318. The van der Waals surface area contributed by atoms with Crippen molar-refractivity contribution in [1.82, 2.24) is 35.4 Å². The van der Waals surface area contributed by atoms with Gasteiger partial charge in [-0.2, -0.15) is 9.82 Å². The van der Waals surface area contributed by atoms with Gasteiger partial charge in [0.05, 0.1) is 23.9 Å². The molecule has 1 aromatic carbocycles. The molecule has 14 nitrogen and oxygen atoms in total. The summed E-state index contributed by atoms with van der Waals surface area (Å²) in [6.45, 7) is 3.02. The van der Waals surface area contributed by atoms with E-state index in [0.29, 0.717) is 30.0 Å². The van der Waals surface area contributed by atoms with Crippen molar-refractivity contribution in [3.63, 3.8) is 0 Å². The fourth-order valence-electron chi connectivity index (χ4n) is 3.64. The number of hydrogen-bond donors (Lipinski definition) is 5. The van der Waals surface area contributed by atoms with Gasteiger partial charge in [-0.3, -0.25) is 14.7 Å². The Morgan fingerprint density at radius 2 is 2.08 bits per heavy atom. The number of para-hydroxylation sites is 1. The van der Waals surface area contributed by atoms with Crippen LogP contribution in [0.2, 0.25) is 0 Å². The van der Waals surface area contributed by atoms with E-state index in [1.54, 1.807) is 36.8 Å². The third kappa shape index (κ3) is 6.13. The number of carbonyl (C=O) groups excluding carboxylic acids is 2. The second-order valence-electron chi connectivity index (χ2n) is 8.06. The number of hydrogen-bond acceptors (Lipinski definition) is 10. The van der Waals surface area contributed by atoms with Crippen LogP contribution in [0, 0.1) is 13.8 Å². The van der Waals surface area contributed by atoms with Crippen molar-refractivity contribution in [2.45, 2.75) is 31.2 Å². The third-order valence-electron chi connectivity index (χ3n) is 5.36. The van der Waals surface area contributed by atoms with Gasteiger partial charge in [0.2, 0.25) is 10.0 Å². The Morgan fingerprint density at radius 1 is 1.24 bits per heavy atom. The van der Waals surface area contributed by atoms with E-state index in [4.69, 9.17) is 9.26 Å². The second kappa shape index (κ2) is 11.2. The summed E-state index contributed by atoms with van der Waals surface area (Å²) >= 11 is 0. The predicted octanol–water partition coefficient (Wildman–Crippen LogP) is 1.01. The molecular formula is C22H26N8O6S. The number of amides is 1. The summed E-state index contributed by atoms with van der Waals surface area (Å²) in [6, 6.07) is 3.65. The second-order valence-corrected chi connectivity index (χ2v) is 9.71. The van der Waals surface area contributed by atoms with Gasteiger partial charge in [0.1, 0.15) is 16.6 Å². The summed E-state index contributed by atoms with van der Waals surface area (Å²) in [5.74, 6) is -0.734. The maximum atomic E-state index is 13.0. The van der Waals surface area contributed by atoms with Crippen LogP contribution in [0.5, 0.6) is 0 Å². The molecule has 4 rings (SSSR count). The third-order valence-corrected chi connectivity index (χ3v) is 7.08. The van der Waals surface area contributed by atoms with Crippen molar-refractivity contribution in [2.24, 2.45) is 0 Å². The molecule has 1 atom stereocenters. The zero-order valence-corrected chi connectivity index (χ0v) is 20.9. The number of H-pyrrole nitrogens is 2. The van der Waals surface area contributed by atoms with Gasteiger partial charge in [0.15, 0.2) is 11.7 Å². The van der Waals surface area contributed by atoms with Crippen LogP contribution in [-0.2, 0) is 19.6 Å².